The molecule has 1 atom stereocenters. The number of hydrogen-bond acceptors (Lipinski definition) is 1. The van der Waals surface area contributed by atoms with Gasteiger partial charge >= 0.3 is 0 Å². The van der Waals surface area contributed by atoms with Gasteiger partial charge in [-0.15, -0.1) is 11.3 Å². The van der Waals surface area contributed by atoms with Crippen LogP contribution < -0.4 is 0 Å². The fraction of sp³-hybridized carbons (Fsp3) is 0.800. The molecule has 0 radical (unpaired) electrons. The van der Waals surface area contributed by atoms with Gasteiger partial charge in [0.2, 0.25) is 0 Å². The molecule has 1 nitrogen and oxygen atoms in total. The summed E-state index contributed by atoms with van der Waals surface area (Å²) in [7, 11) is 2.47. The van der Waals surface area contributed by atoms with E-state index in [1.165, 1.54) is 94.7 Å². The SMILES string of the molecule is CCCCCCCCCCCC[N+]1(C)CCc2ccsc2C1. The Hall–Kier alpha value is -0.340. The zero-order chi connectivity index (χ0) is 15.7. The van der Waals surface area contributed by atoms with Crippen molar-refractivity contribution in [3.8, 4) is 0 Å². The molecule has 0 aliphatic carbocycles. The molecule has 2 heteroatoms. The molecule has 0 saturated carbocycles. The number of hydrogen-bond donors (Lipinski definition) is 0. The lowest BCUT2D eigenvalue weighted by atomic mass is 10.0. The molecule has 1 unspecified atom stereocenters. The van der Waals surface area contributed by atoms with E-state index >= 15 is 0 Å². The van der Waals surface area contributed by atoms with E-state index in [0.29, 0.717) is 0 Å². The van der Waals surface area contributed by atoms with Crippen LogP contribution in [0.2, 0.25) is 0 Å². The number of thiophene rings is 1. The van der Waals surface area contributed by atoms with E-state index in [1.54, 1.807) is 10.4 Å². The van der Waals surface area contributed by atoms with Crippen molar-refractivity contribution in [3.05, 3.63) is 21.9 Å². The fourth-order valence-corrected chi connectivity index (χ4v) is 4.82. The molecule has 1 aliphatic rings. The zero-order valence-electron chi connectivity index (χ0n) is 14.9. The Morgan fingerprint density at radius 1 is 0.955 bits per heavy atom. The van der Waals surface area contributed by atoms with Crippen LogP contribution in [0.25, 0.3) is 0 Å². The zero-order valence-corrected chi connectivity index (χ0v) is 15.7. The molecule has 1 aliphatic heterocycles. The third-order valence-electron chi connectivity index (χ3n) is 5.34. The van der Waals surface area contributed by atoms with Crippen molar-refractivity contribution in [1.82, 2.24) is 0 Å². The second-order valence-corrected chi connectivity index (χ2v) is 8.53. The molecule has 0 N–H and O–H groups in total. The highest BCUT2D eigenvalue weighted by molar-refractivity contribution is 7.10. The molecule has 1 aromatic heterocycles. The van der Waals surface area contributed by atoms with Gasteiger partial charge in [0.1, 0.15) is 6.54 Å². The summed E-state index contributed by atoms with van der Waals surface area (Å²) >= 11 is 1.97. The lowest BCUT2D eigenvalue weighted by Gasteiger charge is -2.37. The number of unbranched alkanes of at least 4 members (excludes halogenated alkanes) is 9. The second-order valence-electron chi connectivity index (χ2n) is 7.53. The smallest absolute Gasteiger partial charge is 0.114 e. The lowest BCUT2D eigenvalue weighted by molar-refractivity contribution is -0.924. The van der Waals surface area contributed by atoms with Crippen LogP contribution in [0.3, 0.4) is 0 Å². The van der Waals surface area contributed by atoms with Crippen molar-refractivity contribution < 1.29 is 4.48 Å². The van der Waals surface area contributed by atoms with Crippen LogP contribution in [0.4, 0.5) is 0 Å². The molecule has 0 fully saturated rings. The molecule has 0 saturated heterocycles. The van der Waals surface area contributed by atoms with Crippen molar-refractivity contribution in [2.75, 3.05) is 20.1 Å². The van der Waals surface area contributed by atoms with Gasteiger partial charge in [-0.1, -0.05) is 58.3 Å². The number of fused-ring (bicyclic) bond motifs is 1. The van der Waals surface area contributed by atoms with Gasteiger partial charge in [-0.3, -0.25) is 0 Å². The summed E-state index contributed by atoms with van der Waals surface area (Å²) in [6.45, 7) is 6.31. The van der Waals surface area contributed by atoms with Crippen LogP contribution in [0.15, 0.2) is 11.4 Å². The van der Waals surface area contributed by atoms with Gasteiger partial charge in [-0.05, 0) is 29.9 Å². The normalized spacial score (nSPS) is 21.0. The van der Waals surface area contributed by atoms with Crippen molar-refractivity contribution in [3.63, 3.8) is 0 Å². The van der Waals surface area contributed by atoms with E-state index in [0.717, 1.165) is 0 Å². The minimum Gasteiger partial charge on any atom is -0.321 e. The Balaban J connectivity index is 1.49. The Labute approximate surface area is 142 Å². The Morgan fingerprint density at radius 3 is 2.27 bits per heavy atom. The largest absolute Gasteiger partial charge is 0.321 e. The first kappa shape index (κ1) is 18.0. The summed E-state index contributed by atoms with van der Waals surface area (Å²) in [5.41, 5.74) is 1.63. The van der Waals surface area contributed by atoms with Gasteiger partial charge in [-0.25, -0.2) is 0 Å². The quantitative estimate of drug-likeness (QED) is 0.337. The summed E-state index contributed by atoms with van der Waals surface area (Å²) < 4.78 is 1.28. The summed E-state index contributed by atoms with van der Waals surface area (Å²) in [4.78, 5) is 1.65. The fourth-order valence-electron chi connectivity index (χ4n) is 3.72. The van der Waals surface area contributed by atoms with Gasteiger partial charge in [0.05, 0.1) is 25.0 Å². The van der Waals surface area contributed by atoms with Crippen LogP contribution in [-0.2, 0) is 13.0 Å². The molecule has 2 heterocycles. The summed E-state index contributed by atoms with van der Waals surface area (Å²) in [5, 5.41) is 2.28. The molecule has 126 valence electrons. The average molecular weight is 323 g/mol. The standard InChI is InChI=1S/C20H36NS/c1-3-4-5-6-7-8-9-10-11-12-15-21(2)16-13-19-14-17-22-20(19)18-21/h14,17H,3-13,15-16,18H2,1-2H3/q+1. The van der Waals surface area contributed by atoms with Crippen molar-refractivity contribution >= 4 is 11.3 Å². The highest BCUT2D eigenvalue weighted by atomic mass is 32.1. The van der Waals surface area contributed by atoms with Gasteiger partial charge < -0.3 is 4.48 Å². The highest BCUT2D eigenvalue weighted by Crippen LogP contribution is 2.28. The van der Waals surface area contributed by atoms with Gasteiger partial charge in [0.25, 0.3) is 0 Å². The summed E-state index contributed by atoms with van der Waals surface area (Å²) in [6, 6.07) is 2.34. The van der Waals surface area contributed by atoms with Crippen molar-refractivity contribution in [2.24, 2.45) is 0 Å². The monoisotopic (exact) mass is 322 g/mol. The predicted molar refractivity (Wildman–Crippen MR) is 99.5 cm³/mol. The summed E-state index contributed by atoms with van der Waals surface area (Å²) in [5.74, 6) is 0. The molecule has 2 rings (SSSR count). The molecule has 22 heavy (non-hydrogen) atoms. The molecule has 1 aromatic rings. The van der Waals surface area contributed by atoms with Crippen LogP contribution >= 0.6 is 11.3 Å². The topological polar surface area (TPSA) is 0 Å². The first-order chi connectivity index (χ1) is 10.7. The molecule has 0 spiro atoms. The second kappa shape index (κ2) is 9.72. The van der Waals surface area contributed by atoms with E-state index in [4.69, 9.17) is 0 Å². The predicted octanol–water partition coefficient (Wildman–Crippen LogP) is 6.17. The maximum absolute atomic E-state index is 2.47. The average Bonchev–Trinajstić information content (AvgIpc) is 2.96. The highest BCUT2D eigenvalue weighted by Gasteiger charge is 2.28. The molecule has 0 bridgehead atoms. The Bertz CT molecular complexity index is 412. The minimum absolute atomic E-state index is 1.28. The number of likely N-dealkylation sites (N-methyl/N-ethyl adjacent to an activating group) is 1. The number of rotatable bonds is 11. The van der Waals surface area contributed by atoms with Gasteiger partial charge in [0, 0.05) is 6.42 Å². The molecule has 0 aromatic carbocycles. The maximum atomic E-state index is 2.47. The third-order valence-corrected chi connectivity index (χ3v) is 6.28. The number of quaternary nitrogens is 1. The Morgan fingerprint density at radius 2 is 1.59 bits per heavy atom. The third kappa shape index (κ3) is 6.04. The number of nitrogens with zero attached hydrogens (tertiary/aromatic N) is 1. The van der Waals surface area contributed by atoms with E-state index in [-0.39, 0.29) is 0 Å². The van der Waals surface area contributed by atoms with Crippen LogP contribution in [0, 0.1) is 0 Å². The first-order valence-corrected chi connectivity index (χ1v) is 10.5. The molecular formula is C20H36NS+. The first-order valence-electron chi connectivity index (χ1n) is 9.62. The molecular weight excluding hydrogens is 286 g/mol. The van der Waals surface area contributed by atoms with E-state index in [9.17, 15) is 0 Å². The maximum Gasteiger partial charge on any atom is 0.114 e. The van der Waals surface area contributed by atoms with Crippen LogP contribution in [0.1, 0.15) is 81.6 Å². The van der Waals surface area contributed by atoms with Crippen LogP contribution in [-0.4, -0.2) is 24.6 Å². The van der Waals surface area contributed by atoms with E-state index in [1.807, 2.05) is 11.3 Å². The van der Waals surface area contributed by atoms with Crippen molar-refractivity contribution in [1.29, 1.82) is 0 Å². The minimum atomic E-state index is 1.28. The van der Waals surface area contributed by atoms with Crippen LogP contribution in [0.5, 0.6) is 0 Å². The van der Waals surface area contributed by atoms with Gasteiger partial charge in [0.15, 0.2) is 0 Å². The Kier molecular flexibility index (Phi) is 7.96. The lowest BCUT2D eigenvalue weighted by Crippen LogP contribution is -2.47. The van der Waals surface area contributed by atoms with E-state index < -0.39 is 0 Å². The van der Waals surface area contributed by atoms with E-state index in [2.05, 4.69) is 25.4 Å². The summed E-state index contributed by atoms with van der Waals surface area (Å²) in [6.07, 6.45) is 15.7. The van der Waals surface area contributed by atoms with Gasteiger partial charge in [-0.2, -0.15) is 0 Å². The van der Waals surface area contributed by atoms with Crippen molar-refractivity contribution in [2.45, 2.75) is 84.1 Å². The molecule has 0 amide bonds.